The van der Waals surface area contributed by atoms with Crippen molar-refractivity contribution in [3.05, 3.63) is 52.6 Å². The van der Waals surface area contributed by atoms with Crippen molar-refractivity contribution in [1.29, 1.82) is 0 Å². The van der Waals surface area contributed by atoms with Crippen molar-refractivity contribution in [1.82, 2.24) is 14.5 Å². The second-order valence-corrected chi connectivity index (χ2v) is 8.79. The third kappa shape index (κ3) is 4.01. The summed E-state index contributed by atoms with van der Waals surface area (Å²) in [6.07, 6.45) is -1.78. The highest BCUT2D eigenvalue weighted by Crippen LogP contribution is 2.45. The molecule has 2 saturated heterocycles. The van der Waals surface area contributed by atoms with Crippen LogP contribution in [0.1, 0.15) is 18.1 Å². The molecule has 2 aliphatic heterocycles. The quantitative estimate of drug-likeness (QED) is 0.445. The van der Waals surface area contributed by atoms with Gasteiger partial charge in [0.05, 0.1) is 11.8 Å². The first kappa shape index (κ1) is 22.0. The number of aromatic nitrogens is 3. The number of hydrogen-bond donors (Lipinski definition) is 3. The van der Waals surface area contributed by atoms with E-state index in [2.05, 4.69) is 9.97 Å². The standard InChI is InChI=1S/C20H22N5O7P/c1-24(2)11-5-3-10(4-6-11)20-31-16-13(8-29-33(27)28)30-19(17(16)32-20)25-9-22-15-12(25)7-14(21)23-18(15)26/h3-7,9,13,16-17,19-20H,8H2,1-2H3,(H3-,21,23,26,27,28)/p+1/t13-,16?,17?,19-,20?/m1/s1. The van der Waals surface area contributed by atoms with Crippen molar-refractivity contribution in [2.75, 3.05) is 31.3 Å². The Balaban J connectivity index is 1.47. The van der Waals surface area contributed by atoms with Crippen LogP contribution < -0.4 is 16.2 Å². The number of H-pyrrole nitrogens is 1. The Bertz CT molecular complexity index is 1240. The lowest BCUT2D eigenvalue weighted by atomic mass is 10.1. The van der Waals surface area contributed by atoms with E-state index in [1.165, 1.54) is 6.33 Å². The van der Waals surface area contributed by atoms with E-state index in [-0.39, 0.29) is 17.9 Å². The average Bonchev–Trinajstić information content (AvgIpc) is 3.46. The minimum Gasteiger partial charge on any atom is -0.385 e. The van der Waals surface area contributed by atoms with Crippen molar-refractivity contribution in [2.24, 2.45) is 0 Å². The Morgan fingerprint density at radius 2 is 1.97 bits per heavy atom. The SMILES string of the molecule is CN(C)c1ccc(C2OC3C(O2)[C@@H](CO[P+](=O)O)O[C@H]3n2cnc3c(=O)[nH]c(N)cc32)cc1. The average molecular weight is 476 g/mol. The van der Waals surface area contributed by atoms with Gasteiger partial charge in [-0.05, 0) is 12.1 Å². The van der Waals surface area contributed by atoms with E-state index in [1.54, 1.807) is 10.6 Å². The van der Waals surface area contributed by atoms with Gasteiger partial charge in [-0.15, -0.1) is 9.42 Å². The number of benzene rings is 1. The molecule has 174 valence electrons. The van der Waals surface area contributed by atoms with Crippen LogP contribution in [0.2, 0.25) is 0 Å². The topological polar surface area (TPSA) is 154 Å². The molecule has 0 saturated carbocycles. The summed E-state index contributed by atoms with van der Waals surface area (Å²) in [5, 5.41) is 0. The number of anilines is 2. The largest absolute Gasteiger partial charge is 0.694 e. The fourth-order valence-electron chi connectivity index (χ4n) is 4.18. The molecular weight excluding hydrogens is 453 g/mol. The predicted octanol–water partition coefficient (Wildman–Crippen LogP) is 1.42. The van der Waals surface area contributed by atoms with Crippen LogP contribution in [-0.4, -0.2) is 58.4 Å². The number of nitrogens with two attached hydrogens (primary N) is 1. The molecule has 4 unspecified atom stereocenters. The first-order valence-corrected chi connectivity index (χ1v) is 11.3. The van der Waals surface area contributed by atoms with Gasteiger partial charge >= 0.3 is 8.25 Å². The summed E-state index contributed by atoms with van der Waals surface area (Å²) in [7, 11) is 1.10. The third-order valence-electron chi connectivity index (χ3n) is 5.75. The molecular formula is C20H23N5O7P+. The van der Waals surface area contributed by atoms with Gasteiger partial charge in [-0.1, -0.05) is 12.1 Å². The number of hydrogen-bond acceptors (Lipinski definition) is 9. The molecule has 4 heterocycles. The molecule has 13 heteroatoms. The second-order valence-electron chi connectivity index (χ2n) is 8.06. The number of aromatic amines is 1. The van der Waals surface area contributed by atoms with Gasteiger partial charge in [0.2, 0.25) is 0 Å². The normalized spacial score (nSPS) is 27.1. The van der Waals surface area contributed by atoms with Gasteiger partial charge in [0, 0.05) is 36.0 Å². The molecule has 2 fully saturated rings. The van der Waals surface area contributed by atoms with Gasteiger partial charge in [-0.3, -0.25) is 4.79 Å². The number of ether oxygens (including phenoxy) is 3. The molecule has 0 bridgehead atoms. The zero-order chi connectivity index (χ0) is 23.3. The molecule has 4 N–H and O–H groups in total. The smallest absolute Gasteiger partial charge is 0.385 e. The zero-order valence-electron chi connectivity index (χ0n) is 17.8. The molecule has 0 amide bonds. The maximum absolute atomic E-state index is 12.2. The van der Waals surface area contributed by atoms with Gasteiger partial charge in [0.15, 0.2) is 18.0 Å². The van der Waals surface area contributed by atoms with Gasteiger partial charge in [0.1, 0.15) is 30.7 Å². The molecule has 33 heavy (non-hydrogen) atoms. The Kier molecular flexibility index (Phi) is 5.65. The Morgan fingerprint density at radius 1 is 1.24 bits per heavy atom. The molecule has 2 aromatic heterocycles. The molecule has 0 aliphatic carbocycles. The monoisotopic (exact) mass is 476 g/mol. The van der Waals surface area contributed by atoms with Gasteiger partial charge in [-0.25, -0.2) is 4.98 Å². The van der Waals surface area contributed by atoms with Crippen molar-refractivity contribution in [3.63, 3.8) is 0 Å². The lowest BCUT2D eigenvalue weighted by Gasteiger charge is -2.21. The summed E-state index contributed by atoms with van der Waals surface area (Å²) in [6.45, 7) is -0.172. The lowest BCUT2D eigenvalue weighted by molar-refractivity contribution is -0.152. The molecule has 2 aliphatic rings. The van der Waals surface area contributed by atoms with E-state index < -0.39 is 44.6 Å². The van der Waals surface area contributed by atoms with Crippen LogP contribution >= 0.6 is 8.25 Å². The highest BCUT2D eigenvalue weighted by atomic mass is 31.1. The van der Waals surface area contributed by atoms with E-state index in [0.717, 1.165) is 11.3 Å². The van der Waals surface area contributed by atoms with Crippen LogP contribution in [0.15, 0.2) is 41.5 Å². The van der Waals surface area contributed by atoms with Crippen molar-refractivity contribution < 1.29 is 28.2 Å². The summed E-state index contributed by atoms with van der Waals surface area (Å²) in [5.74, 6) is 0.184. The second kappa shape index (κ2) is 8.49. The maximum Gasteiger partial charge on any atom is 0.694 e. The number of rotatable bonds is 6. The fourth-order valence-corrected chi connectivity index (χ4v) is 4.46. The van der Waals surface area contributed by atoms with Gasteiger partial charge in [0.25, 0.3) is 5.56 Å². The summed E-state index contributed by atoms with van der Waals surface area (Å²) >= 11 is 0. The molecule has 12 nitrogen and oxygen atoms in total. The number of nitrogens with zero attached hydrogens (tertiary/aromatic N) is 3. The van der Waals surface area contributed by atoms with Gasteiger partial charge in [-0.2, -0.15) is 0 Å². The predicted molar refractivity (Wildman–Crippen MR) is 118 cm³/mol. The van der Waals surface area contributed by atoms with E-state index in [1.807, 2.05) is 43.3 Å². The molecule has 5 rings (SSSR count). The minimum atomic E-state index is -2.81. The molecule has 3 aromatic rings. The fraction of sp³-hybridized carbons (Fsp3) is 0.400. The molecule has 1 aromatic carbocycles. The zero-order valence-corrected chi connectivity index (χ0v) is 18.7. The Labute approximate surface area is 188 Å². The van der Waals surface area contributed by atoms with Crippen LogP contribution in [0.3, 0.4) is 0 Å². The van der Waals surface area contributed by atoms with Crippen LogP contribution in [0.4, 0.5) is 11.5 Å². The molecule has 0 radical (unpaired) electrons. The number of imidazole rings is 1. The lowest BCUT2D eigenvalue weighted by Crippen LogP contribution is -2.31. The number of fused-ring (bicyclic) bond motifs is 2. The molecule has 0 spiro atoms. The Hall–Kier alpha value is -2.86. The van der Waals surface area contributed by atoms with E-state index in [4.69, 9.17) is 29.4 Å². The summed E-state index contributed by atoms with van der Waals surface area (Å²) in [5.41, 5.74) is 7.93. The minimum absolute atomic E-state index is 0.172. The Morgan fingerprint density at radius 3 is 2.67 bits per heavy atom. The van der Waals surface area contributed by atoms with Crippen LogP contribution in [0, 0.1) is 0 Å². The number of nitrogens with one attached hydrogen (secondary N) is 1. The van der Waals surface area contributed by atoms with Gasteiger partial charge < -0.3 is 34.4 Å². The van der Waals surface area contributed by atoms with Crippen LogP contribution in [0.25, 0.3) is 11.0 Å². The van der Waals surface area contributed by atoms with E-state index in [9.17, 15) is 9.36 Å². The van der Waals surface area contributed by atoms with Crippen molar-refractivity contribution in [3.8, 4) is 0 Å². The number of nitrogen functional groups attached to an aromatic ring is 1. The number of pyridine rings is 1. The highest BCUT2D eigenvalue weighted by Gasteiger charge is 2.54. The van der Waals surface area contributed by atoms with E-state index in [0.29, 0.717) is 5.52 Å². The first-order chi connectivity index (χ1) is 15.8. The highest BCUT2D eigenvalue weighted by molar-refractivity contribution is 7.32. The third-order valence-corrected chi connectivity index (χ3v) is 6.12. The summed E-state index contributed by atoms with van der Waals surface area (Å²) < 4.78 is 36.2. The van der Waals surface area contributed by atoms with Crippen LogP contribution in [-0.2, 0) is 23.3 Å². The first-order valence-electron chi connectivity index (χ1n) is 10.2. The maximum atomic E-state index is 12.2. The van der Waals surface area contributed by atoms with E-state index >= 15 is 0 Å². The molecule has 6 atom stereocenters. The van der Waals surface area contributed by atoms with Crippen molar-refractivity contribution in [2.45, 2.75) is 30.8 Å². The summed E-state index contributed by atoms with van der Waals surface area (Å²) in [6, 6.07) is 9.34. The van der Waals surface area contributed by atoms with Crippen LogP contribution in [0.5, 0.6) is 0 Å². The van der Waals surface area contributed by atoms with Crippen molar-refractivity contribution >= 4 is 30.8 Å². The summed E-state index contributed by atoms with van der Waals surface area (Å²) in [4.78, 5) is 30.0.